The lowest BCUT2D eigenvalue weighted by molar-refractivity contribution is -0.115. The zero-order chi connectivity index (χ0) is 20.1. The molecule has 0 aliphatic rings. The normalized spacial score (nSPS) is 11.6. The van der Waals surface area contributed by atoms with Crippen molar-refractivity contribution in [1.82, 2.24) is 15.2 Å². The van der Waals surface area contributed by atoms with E-state index in [0.29, 0.717) is 32.9 Å². The van der Waals surface area contributed by atoms with E-state index in [1.807, 2.05) is 26.0 Å². The Morgan fingerprint density at radius 3 is 2.64 bits per heavy atom. The van der Waals surface area contributed by atoms with Gasteiger partial charge in [0.25, 0.3) is 0 Å². The fourth-order valence-corrected chi connectivity index (χ4v) is 4.10. The van der Waals surface area contributed by atoms with Crippen molar-refractivity contribution in [3.8, 4) is 17.3 Å². The van der Waals surface area contributed by atoms with E-state index in [1.165, 1.54) is 23.1 Å². The molecule has 2 aromatic heterocycles. The summed E-state index contributed by atoms with van der Waals surface area (Å²) in [4.78, 5) is 17.2. The van der Waals surface area contributed by atoms with E-state index in [4.69, 9.17) is 11.6 Å². The Balaban J connectivity index is 1.84. The average Bonchev–Trinajstić information content (AvgIpc) is 3.11. The van der Waals surface area contributed by atoms with Crippen LogP contribution in [0.1, 0.15) is 23.9 Å². The summed E-state index contributed by atoms with van der Waals surface area (Å²) in [6, 6.07) is 13.0. The molecule has 1 aromatic carbocycles. The van der Waals surface area contributed by atoms with Gasteiger partial charge in [0.1, 0.15) is 16.1 Å². The molecule has 142 valence electrons. The number of halogens is 1. The molecule has 1 atom stereocenters. The SMILES string of the molecule is CCC(Sc1nc(-c2ccc(Cl)cc2)ccc1C#N)C(=O)Nc1nnc(C)s1. The van der Waals surface area contributed by atoms with Gasteiger partial charge in [-0.3, -0.25) is 10.1 Å². The van der Waals surface area contributed by atoms with Crippen LogP contribution in [0.25, 0.3) is 11.3 Å². The Bertz CT molecular complexity index is 1030. The number of nitriles is 1. The molecule has 1 N–H and O–H groups in total. The van der Waals surface area contributed by atoms with Crippen molar-refractivity contribution in [3.63, 3.8) is 0 Å². The smallest absolute Gasteiger partial charge is 0.239 e. The molecule has 0 aliphatic carbocycles. The largest absolute Gasteiger partial charge is 0.300 e. The van der Waals surface area contributed by atoms with Crippen molar-refractivity contribution in [2.45, 2.75) is 30.5 Å². The van der Waals surface area contributed by atoms with E-state index in [1.54, 1.807) is 24.3 Å². The lowest BCUT2D eigenvalue weighted by atomic mass is 10.1. The third-order valence-electron chi connectivity index (χ3n) is 3.79. The van der Waals surface area contributed by atoms with Crippen molar-refractivity contribution in [3.05, 3.63) is 52.0 Å². The summed E-state index contributed by atoms with van der Waals surface area (Å²) in [6.07, 6.45) is 0.575. The van der Waals surface area contributed by atoms with Gasteiger partial charge in [0.2, 0.25) is 11.0 Å². The first-order valence-corrected chi connectivity index (χ1v) is 10.5. The van der Waals surface area contributed by atoms with Crippen LogP contribution in [0.3, 0.4) is 0 Å². The Labute approximate surface area is 176 Å². The van der Waals surface area contributed by atoms with Gasteiger partial charge in [0.05, 0.1) is 16.5 Å². The monoisotopic (exact) mass is 429 g/mol. The maximum atomic E-state index is 12.6. The van der Waals surface area contributed by atoms with E-state index in [9.17, 15) is 10.1 Å². The van der Waals surface area contributed by atoms with Crippen LogP contribution in [0.15, 0.2) is 41.4 Å². The molecule has 0 aliphatic heterocycles. The van der Waals surface area contributed by atoms with Crippen molar-refractivity contribution in [1.29, 1.82) is 5.26 Å². The number of anilines is 1. The van der Waals surface area contributed by atoms with Gasteiger partial charge >= 0.3 is 0 Å². The minimum Gasteiger partial charge on any atom is -0.300 e. The number of hydrogen-bond donors (Lipinski definition) is 1. The summed E-state index contributed by atoms with van der Waals surface area (Å²) in [5.74, 6) is -0.189. The maximum absolute atomic E-state index is 12.6. The highest BCUT2D eigenvalue weighted by Gasteiger charge is 2.22. The number of aromatic nitrogens is 3. The molecule has 0 radical (unpaired) electrons. The summed E-state index contributed by atoms with van der Waals surface area (Å²) in [6.45, 7) is 3.74. The van der Waals surface area contributed by atoms with Gasteiger partial charge < -0.3 is 0 Å². The fraction of sp³-hybridized carbons (Fsp3) is 0.211. The molecular formula is C19H16ClN5OS2. The molecule has 28 heavy (non-hydrogen) atoms. The predicted molar refractivity (Wildman–Crippen MR) is 113 cm³/mol. The first kappa shape index (κ1) is 20.3. The van der Waals surface area contributed by atoms with Crippen LogP contribution in [0.4, 0.5) is 5.13 Å². The van der Waals surface area contributed by atoms with Crippen LogP contribution in [0.5, 0.6) is 0 Å². The van der Waals surface area contributed by atoms with Gasteiger partial charge in [-0.2, -0.15) is 5.26 Å². The first-order valence-electron chi connectivity index (χ1n) is 8.45. The lowest BCUT2D eigenvalue weighted by Crippen LogP contribution is -2.24. The molecule has 0 bridgehead atoms. The quantitative estimate of drug-likeness (QED) is 0.558. The molecule has 1 amide bonds. The molecule has 6 nitrogen and oxygen atoms in total. The van der Waals surface area contributed by atoms with Gasteiger partial charge in [-0.15, -0.1) is 10.2 Å². The summed E-state index contributed by atoms with van der Waals surface area (Å²) >= 11 is 8.54. The predicted octanol–water partition coefficient (Wildman–Crippen LogP) is 4.94. The third kappa shape index (κ3) is 4.87. The second-order valence-electron chi connectivity index (χ2n) is 5.80. The minimum atomic E-state index is -0.413. The minimum absolute atomic E-state index is 0.189. The van der Waals surface area contributed by atoms with E-state index >= 15 is 0 Å². The molecule has 0 fully saturated rings. The fourth-order valence-electron chi connectivity index (χ4n) is 2.39. The highest BCUT2D eigenvalue weighted by molar-refractivity contribution is 8.00. The number of nitrogens with one attached hydrogen (secondary N) is 1. The van der Waals surface area contributed by atoms with E-state index in [-0.39, 0.29) is 5.91 Å². The van der Waals surface area contributed by atoms with Crippen molar-refractivity contribution >= 4 is 45.7 Å². The summed E-state index contributed by atoms with van der Waals surface area (Å²) in [5.41, 5.74) is 2.03. The van der Waals surface area contributed by atoms with Crippen molar-refractivity contribution < 1.29 is 4.79 Å². The van der Waals surface area contributed by atoms with Crippen LogP contribution < -0.4 is 5.32 Å². The molecule has 0 saturated heterocycles. The second-order valence-corrected chi connectivity index (χ2v) is 8.61. The van der Waals surface area contributed by atoms with Gasteiger partial charge in [0.15, 0.2) is 0 Å². The van der Waals surface area contributed by atoms with Crippen LogP contribution in [0, 0.1) is 18.3 Å². The van der Waals surface area contributed by atoms with Crippen molar-refractivity contribution in [2.24, 2.45) is 0 Å². The number of benzene rings is 1. The number of amides is 1. The Morgan fingerprint density at radius 1 is 1.29 bits per heavy atom. The second kappa shape index (κ2) is 9.15. The first-order chi connectivity index (χ1) is 13.5. The number of aryl methyl sites for hydroxylation is 1. The highest BCUT2D eigenvalue weighted by Crippen LogP contribution is 2.31. The molecule has 3 rings (SSSR count). The van der Waals surface area contributed by atoms with Crippen LogP contribution in [-0.2, 0) is 4.79 Å². The molecule has 3 aromatic rings. The van der Waals surface area contributed by atoms with Crippen LogP contribution >= 0.6 is 34.7 Å². The van der Waals surface area contributed by atoms with E-state index in [2.05, 4.69) is 26.6 Å². The summed E-state index contributed by atoms with van der Waals surface area (Å²) in [7, 11) is 0. The zero-order valence-electron chi connectivity index (χ0n) is 15.1. The number of thioether (sulfide) groups is 1. The lowest BCUT2D eigenvalue weighted by Gasteiger charge is -2.14. The van der Waals surface area contributed by atoms with Crippen LogP contribution in [-0.4, -0.2) is 26.3 Å². The number of rotatable bonds is 6. The maximum Gasteiger partial charge on any atom is 0.239 e. The van der Waals surface area contributed by atoms with Gasteiger partial charge in [-0.25, -0.2) is 4.98 Å². The molecule has 2 heterocycles. The third-order valence-corrected chi connectivity index (χ3v) is 6.17. The van der Waals surface area contributed by atoms with Gasteiger partial charge in [0, 0.05) is 10.6 Å². The summed E-state index contributed by atoms with van der Waals surface area (Å²) in [5, 5.41) is 22.0. The Kier molecular flexibility index (Phi) is 6.62. The number of pyridine rings is 1. The molecule has 1 unspecified atom stereocenters. The van der Waals surface area contributed by atoms with Crippen LogP contribution in [0.2, 0.25) is 5.02 Å². The molecule has 9 heteroatoms. The molecule has 0 saturated carbocycles. The average molecular weight is 430 g/mol. The van der Waals surface area contributed by atoms with E-state index < -0.39 is 5.25 Å². The van der Waals surface area contributed by atoms with Gasteiger partial charge in [-0.1, -0.05) is 53.8 Å². The molecule has 0 spiro atoms. The number of carbonyl (C=O) groups is 1. The Hall–Kier alpha value is -2.47. The number of carbonyl (C=O) groups excluding carboxylic acids is 1. The van der Waals surface area contributed by atoms with Gasteiger partial charge in [-0.05, 0) is 37.6 Å². The standard InChI is InChI=1S/C19H16ClN5OS2/c1-3-16(17(26)23-19-25-24-11(2)27-19)28-18-13(10-21)6-9-15(22-18)12-4-7-14(20)8-5-12/h4-9,16H,3H2,1-2H3,(H,23,25,26). The van der Waals surface area contributed by atoms with E-state index in [0.717, 1.165) is 10.6 Å². The summed E-state index contributed by atoms with van der Waals surface area (Å²) < 4.78 is 0. The highest BCUT2D eigenvalue weighted by atomic mass is 35.5. The topological polar surface area (TPSA) is 91.6 Å². The Morgan fingerprint density at radius 2 is 2.04 bits per heavy atom. The molecular weight excluding hydrogens is 414 g/mol. The van der Waals surface area contributed by atoms with Crippen molar-refractivity contribution in [2.75, 3.05) is 5.32 Å². The number of nitrogens with zero attached hydrogens (tertiary/aromatic N) is 4. The zero-order valence-corrected chi connectivity index (χ0v) is 17.5. The number of hydrogen-bond acceptors (Lipinski definition) is 7.